The molecule has 1 N–H and O–H groups in total. The number of hydrogen-bond donors (Lipinski definition) is 1. The molecular formula is C15H18ClFN4O2. The van der Waals surface area contributed by atoms with Crippen molar-refractivity contribution in [2.45, 2.75) is 32.9 Å². The van der Waals surface area contributed by atoms with Crippen molar-refractivity contribution < 1.29 is 13.9 Å². The Hall–Kier alpha value is -2.15. The van der Waals surface area contributed by atoms with Gasteiger partial charge in [-0.15, -0.1) is 10.2 Å². The van der Waals surface area contributed by atoms with E-state index < -0.39 is 11.9 Å². The number of ether oxygens (including phenoxy) is 1. The maximum Gasteiger partial charge on any atom is 0.260 e. The zero-order valence-electron chi connectivity index (χ0n) is 12.9. The second kappa shape index (κ2) is 7.92. The predicted molar refractivity (Wildman–Crippen MR) is 83.9 cm³/mol. The fourth-order valence-electron chi connectivity index (χ4n) is 1.99. The van der Waals surface area contributed by atoms with Crippen LogP contribution in [0.1, 0.15) is 19.7 Å². The average Bonchev–Trinajstić information content (AvgIpc) is 2.97. The Balaban J connectivity index is 1.83. The third-order valence-electron chi connectivity index (χ3n) is 3.25. The largest absolute Gasteiger partial charge is 0.479 e. The maximum absolute atomic E-state index is 13.0. The summed E-state index contributed by atoms with van der Waals surface area (Å²) in [5.74, 6) is 0.330. The molecule has 0 saturated heterocycles. The molecule has 1 atom stereocenters. The second-order valence-corrected chi connectivity index (χ2v) is 5.32. The monoisotopic (exact) mass is 340 g/mol. The Labute approximate surface area is 138 Å². The predicted octanol–water partition coefficient (Wildman–Crippen LogP) is 2.22. The molecule has 124 valence electrons. The number of aromatic nitrogens is 3. The quantitative estimate of drug-likeness (QED) is 0.839. The SMILES string of the molecule is CCn1cnnc1CCNC(=O)C(C)Oc1ccc(F)cc1Cl. The number of carbonyl (C=O) groups is 1. The molecule has 6 nitrogen and oxygen atoms in total. The van der Waals surface area contributed by atoms with Crippen LogP contribution in [-0.4, -0.2) is 33.3 Å². The summed E-state index contributed by atoms with van der Waals surface area (Å²) in [5.41, 5.74) is 0. The van der Waals surface area contributed by atoms with E-state index >= 15 is 0 Å². The van der Waals surface area contributed by atoms with Crippen molar-refractivity contribution in [1.82, 2.24) is 20.1 Å². The molecular weight excluding hydrogens is 323 g/mol. The minimum Gasteiger partial charge on any atom is -0.479 e. The number of amides is 1. The summed E-state index contributed by atoms with van der Waals surface area (Å²) < 4.78 is 20.3. The van der Waals surface area contributed by atoms with Crippen LogP contribution >= 0.6 is 11.6 Å². The van der Waals surface area contributed by atoms with Crippen LogP contribution in [0.5, 0.6) is 5.75 Å². The van der Waals surface area contributed by atoms with Crippen molar-refractivity contribution in [2.75, 3.05) is 6.54 Å². The molecule has 2 rings (SSSR count). The first-order valence-electron chi connectivity index (χ1n) is 7.27. The van der Waals surface area contributed by atoms with Crippen molar-refractivity contribution in [1.29, 1.82) is 0 Å². The highest BCUT2D eigenvalue weighted by atomic mass is 35.5. The standard InChI is InChI=1S/C15H18ClFN4O2/c1-3-21-9-19-20-14(21)6-7-18-15(22)10(2)23-13-5-4-11(17)8-12(13)16/h4-5,8-10H,3,6-7H2,1-2H3,(H,18,22). The van der Waals surface area contributed by atoms with Crippen molar-refractivity contribution >= 4 is 17.5 Å². The maximum atomic E-state index is 13.0. The van der Waals surface area contributed by atoms with Crippen LogP contribution in [-0.2, 0) is 17.8 Å². The number of aryl methyl sites for hydroxylation is 1. The molecule has 0 radical (unpaired) electrons. The normalized spacial score (nSPS) is 12.0. The van der Waals surface area contributed by atoms with Gasteiger partial charge in [0.05, 0.1) is 5.02 Å². The number of benzene rings is 1. The van der Waals surface area contributed by atoms with Crippen LogP contribution in [0.2, 0.25) is 5.02 Å². The van der Waals surface area contributed by atoms with E-state index in [4.69, 9.17) is 16.3 Å². The summed E-state index contributed by atoms with van der Waals surface area (Å²) in [6, 6.07) is 3.76. The van der Waals surface area contributed by atoms with Crippen LogP contribution in [0.4, 0.5) is 4.39 Å². The molecule has 0 bridgehead atoms. The molecule has 0 aliphatic rings. The number of carbonyl (C=O) groups excluding carboxylic acids is 1. The molecule has 1 aromatic carbocycles. The highest BCUT2D eigenvalue weighted by molar-refractivity contribution is 6.32. The van der Waals surface area contributed by atoms with Gasteiger partial charge in [0.15, 0.2) is 6.10 Å². The first-order valence-corrected chi connectivity index (χ1v) is 7.65. The number of nitrogens with one attached hydrogen (secondary N) is 1. The Bertz CT molecular complexity index is 677. The van der Waals surface area contributed by atoms with Crippen LogP contribution in [0, 0.1) is 5.82 Å². The van der Waals surface area contributed by atoms with Gasteiger partial charge in [0.25, 0.3) is 5.91 Å². The second-order valence-electron chi connectivity index (χ2n) is 4.91. The summed E-state index contributed by atoms with van der Waals surface area (Å²) in [5, 5.41) is 10.7. The van der Waals surface area contributed by atoms with Gasteiger partial charge in [0, 0.05) is 19.5 Å². The van der Waals surface area contributed by atoms with E-state index in [1.165, 1.54) is 12.1 Å². The van der Waals surface area contributed by atoms with Gasteiger partial charge < -0.3 is 14.6 Å². The lowest BCUT2D eigenvalue weighted by atomic mass is 10.3. The number of rotatable bonds is 7. The molecule has 1 unspecified atom stereocenters. The highest BCUT2D eigenvalue weighted by Gasteiger charge is 2.16. The van der Waals surface area contributed by atoms with Crippen molar-refractivity contribution in [2.24, 2.45) is 0 Å². The number of nitrogens with zero attached hydrogens (tertiary/aromatic N) is 3. The van der Waals surface area contributed by atoms with Gasteiger partial charge in [-0.3, -0.25) is 4.79 Å². The van der Waals surface area contributed by atoms with E-state index in [-0.39, 0.29) is 16.7 Å². The highest BCUT2D eigenvalue weighted by Crippen LogP contribution is 2.25. The third kappa shape index (κ3) is 4.66. The van der Waals surface area contributed by atoms with E-state index in [1.807, 2.05) is 11.5 Å². The average molecular weight is 341 g/mol. The smallest absolute Gasteiger partial charge is 0.260 e. The first-order chi connectivity index (χ1) is 11.0. The van der Waals surface area contributed by atoms with E-state index in [0.717, 1.165) is 18.4 Å². The van der Waals surface area contributed by atoms with Gasteiger partial charge in [0.1, 0.15) is 23.7 Å². The minimum absolute atomic E-state index is 0.126. The van der Waals surface area contributed by atoms with Gasteiger partial charge in [0.2, 0.25) is 0 Å². The molecule has 0 aliphatic carbocycles. The van der Waals surface area contributed by atoms with Crippen LogP contribution < -0.4 is 10.1 Å². The zero-order valence-corrected chi connectivity index (χ0v) is 13.7. The van der Waals surface area contributed by atoms with E-state index in [1.54, 1.807) is 13.3 Å². The number of hydrogen-bond acceptors (Lipinski definition) is 4. The van der Waals surface area contributed by atoms with Gasteiger partial charge in [-0.1, -0.05) is 11.6 Å². The summed E-state index contributed by atoms with van der Waals surface area (Å²) in [7, 11) is 0. The molecule has 0 saturated carbocycles. The lowest BCUT2D eigenvalue weighted by molar-refractivity contribution is -0.127. The Morgan fingerprint density at radius 1 is 1.52 bits per heavy atom. The minimum atomic E-state index is -0.748. The van der Waals surface area contributed by atoms with Crippen LogP contribution in [0.15, 0.2) is 24.5 Å². The lowest BCUT2D eigenvalue weighted by Crippen LogP contribution is -2.37. The molecule has 0 fully saturated rings. The Morgan fingerprint density at radius 3 is 3.00 bits per heavy atom. The van der Waals surface area contributed by atoms with Crippen molar-refractivity contribution in [3.8, 4) is 5.75 Å². The lowest BCUT2D eigenvalue weighted by Gasteiger charge is -2.15. The van der Waals surface area contributed by atoms with Crippen molar-refractivity contribution in [3.05, 3.63) is 41.2 Å². The fourth-order valence-corrected chi connectivity index (χ4v) is 2.20. The zero-order chi connectivity index (χ0) is 16.8. The van der Waals surface area contributed by atoms with Gasteiger partial charge in [-0.05, 0) is 32.0 Å². The van der Waals surface area contributed by atoms with E-state index in [9.17, 15) is 9.18 Å². The van der Waals surface area contributed by atoms with E-state index in [2.05, 4.69) is 15.5 Å². The molecule has 8 heteroatoms. The number of halogens is 2. The summed E-state index contributed by atoms with van der Waals surface area (Å²) >= 11 is 5.87. The summed E-state index contributed by atoms with van der Waals surface area (Å²) in [6.45, 7) is 4.79. The molecule has 0 aliphatic heterocycles. The van der Waals surface area contributed by atoms with E-state index in [0.29, 0.717) is 13.0 Å². The summed E-state index contributed by atoms with van der Waals surface area (Å²) in [6.07, 6.45) is 1.48. The fraction of sp³-hybridized carbons (Fsp3) is 0.400. The van der Waals surface area contributed by atoms with Gasteiger partial charge in [-0.2, -0.15) is 0 Å². The third-order valence-corrected chi connectivity index (χ3v) is 3.55. The molecule has 1 heterocycles. The van der Waals surface area contributed by atoms with Crippen molar-refractivity contribution in [3.63, 3.8) is 0 Å². The Kier molecular flexibility index (Phi) is 5.92. The first kappa shape index (κ1) is 17.2. The molecule has 23 heavy (non-hydrogen) atoms. The molecule has 1 aromatic heterocycles. The molecule has 0 spiro atoms. The van der Waals surface area contributed by atoms with Crippen LogP contribution in [0.25, 0.3) is 0 Å². The van der Waals surface area contributed by atoms with Gasteiger partial charge >= 0.3 is 0 Å². The molecule has 1 amide bonds. The molecule has 2 aromatic rings. The van der Waals surface area contributed by atoms with Crippen LogP contribution in [0.3, 0.4) is 0 Å². The Morgan fingerprint density at radius 2 is 2.30 bits per heavy atom. The summed E-state index contributed by atoms with van der Waals surface area (Å²) in [4.78, 5) is 12.0. The van der Waals surface area contributed by atoms with Gasteiger partial charge in [-0.25, -0.2) is 4.39 Å². The topological polar surface area (TPSA) is 69.0 Å².